The van der Waals surface area contributed by atoms with E-state index in [4.69, 9.17) is 5.73 Å². The maximum atomic E-state index is 12.6. The van der Waals surface area contributed by atoms with Crippen LogP contribution in [0.4, 0.5) is 0 Å². The summed E-state index contributed by atoms with van der Waals surface area (Å²) in [6.45, 7) is 1.81. The van der Waals surface area contributed by atoms with Gasteiger partial charge in [0.1, 0.15) is 0 Å². The lowest BCUT2D eigenvalue weighted by Gasteiger charge is -2.44. The number of rotatable bonds is 3. The number of benzene rings is 1. The SMILES string of the molecule is Cl.NC(CC(=O)N1CCSC2(CCCCC2)C1)c1ccccc1. The molecule has 0 aromatic heterocycles. The van der Waals surface area contributed by atoms with Gasteiger partial charge in [-0.1, -0.05) is 49.6 Å². The quantitative estimate of drug-likeness (QED) is 0.898. The Hall–Kier alpha value is -0.710. The molecule has 2 aliphatic rings. The first-order valence-electron chi connectivity index (χ1n) is 8.41. The number of carbonyl (C=O) groups is 1. The fourth-order valence-electron chi connectivity index (χ4n) is 3.69. The first-order chi connectivity index (χ1) is 10.7. The predicted molar refractivity (Wildman–Crippen MR) is 100 cm³/mol. The first kappa shape index (κ1) is 18.6. The highest BCUT2D eigenvalue weighted by molar-refractivity contribution is 8.00. The summed E-state index contributed by atoms with van der Waals surface area (Å²) >= 11 is 2.10. The number of nitrogens with zero attached hydrogens (tertiary/aromatic N) is 1. The van der Waals surface area contributed by atoms with E-state index in [1.807, 2.05) is 30.3 Å². The van der Waals surface area contributed by atoms with Crippen molar-refractivity contribution in [2.45, 2.75) is 49.3 Å². The Balaban J connectivity index is 0.00000192. The van der Waals surface area contributed by atoms with Crippen molar-refractivity contribution >= 4 is 30.1 Å². The molecular formula is C18H27ClN2OS. The number of thioether (sulfide) groups is 1. The molecular weight excluding hydrogens is 328 g/mol. The second kappa shape index (κ2) is 8.41. The average Bonchev–Trinajstić information content (AvgIpc) is 2.56. The van der Waals surface area contributed by atoms with Crippen LogP contribution in [0.5, 0.6) is 0 Å². The highest BCUT2D eigenvalue weighted by atomic mass is 35.5. The minimum atomic E-state index is -0.189. The van der Waals surface area contributed by atoms with Crippen LogP contribution in [0.2, 0.25) is 0 Å². The summed E-state index contributed by atoms with van der Waals surface area (Å²) < 4.78 is 0.336. The molecule has 5 heteroatoms. The molecule has 0 bridgehead atoms. The van der Waals surface area contributed by atoms with E-state index in [9.17, 15) is 4.79 Å². The number of halogens is 1. The van der Waals surface area contributed by atoms with Crippen molar-refractivity contribution in [1.82, 2.24) is 4.90 Å². The van der Waals surface area contributed by atoms with Crippen molar-refractivity contribution in [3.8, 4) is 0 Å². The first-order valence-corrected chi connectivity index (χ1v) is 9.39. The lowest BCUT2D eigenvalue weighted by Crippen LogP contribution is -2.50. The topological polar surface area (TPSA) is 46.3 Å². The molecule has 1 spiro atoms. The number of carbonyl (C=O) groups excluding carboxylic acids is 1. The summed E-state index contributed by atoms with van der Waals surface area (Å²) in [7, 11) is 0. The molecule has 2 N–H and O–H groups in total. The van der Waals surface area contributed by atoms with Gasteiger partial charge >= 0.3 is 0 Å². The third-order valence-electron chi connectivity index (χ3n) is 4.99. The van der Waals surface area contributed by atoms with Crippen molar-refractivity contribution in [2.75, 3.05) is 18.8 Å². The van der Waals surface area contributed by atoms with Crippen LogP contribution in [0.1, 0.15) is 50.1 Å². The number of hydrogen-bond donors (Lipinski definition) is 1. The van der Waals surface area contributed by atoms with Gasteiger partial charge in [-0.2, -0.15) is 11.8 Å². The van der Waals surface area contributed by atoms with Crippen LogP contribution in [-0.4, -0.2) is 34.4 Å². The standard InChI is InChI=1S/C18H26N2OS.ClH/c19-16(15-7-3-1-4-8-15)13-17(21)20-11-12-22-18(14-20)9-5-2-6-10-18;/h1,3-4,7-8,16H,2,5-6,9-14,19H2;1H. The third-order valence-corrected chi connectivity index (χ3v) is 6.52. The molecule has 0 radical (unpaired) electrons. The van der Waals surface area contributed by atoms with Crippen molar-refractivity contribution in [1.29, 1.82) is 0 Å². The molecule has 3 nitrogen and oxygen atoms in total. The summed E-state index contributed by atoms with van der Waals surface area (Å²) in [5.74, 6) is 1.30. The van der Waals surface area contributed by atoms with Crippen molar-refractivity contribution in [3.05, 3.63) is 35.9 Å². The van der Waals surface area contributed by atoms with E-state index < -0.39 is 0 Å². The van der Waals surface area contributed by atoms with Crippen LogP contribution >= 0.6 is 24.2 Å². The van der Waals surface area contributed by atoms with E-state index in [0.29, 0.717) is 11.2 Å². The van der Waals surface area contributed by atoms with E-state index in [2.05, 4.69) is 16.7 Å². The van der Waals surface area contributed by atoms with E-state index in [1.165, 1.54) is 32.1 Å². The lowest BCUT2D eigenvalue weighted by atomic mass is 9.87. The van der Waals surface area contributed by atoms with Crippen LogP contribution in [0, 0.1) is 0 Å². The molecule has 1 heterocycles. The third kappa shape index (κ3) is 4.65. The molecule has 128 valence electrons. The molecule has 1 saturated heterocycles. The largest absolute Gasteiger partial charge is 0.340 e. The molecule has 1 aromatic rings. The van der Waals surface area contributed by atoms with Gasteiger partial charge in [0.15, 0.2) is 0 Å². The van der Waals surface area contributed by atoms with E-state index >= 15 is 0 Å². The average molecular weight is 355 g/mol. The van der Waals surface area contributed by atoms with Gasteiger partial charge in [-0.3, -0.25) is 4.79 Å². The van der Waals surface area contributed by atoms with E-state index in [-0.39, 0.29) is 24.4 Å². The summed E-state index contributed by atoms with van der Waals surface area (Å²) in [6, 6.07) is 9.76. The highest BCUT2D eigenvalue weighted by Crippen LogP contribution is 2.42. The Morgan fingerprint density at radius 2 is 1.91 bits per heavy atom. The van der Waals surface area contributed by atoms with E-state index in [0.717, 1.165) is 24.4 Å². The van der Waals surface area contributed by atoms with Gasteiger partial charge < -0.3 is 10.6 Å². The summed E-state index contributed by atoms with van der Waals surface area (Å²) in [5, 5.41) is 0. The molecule has 1 aromatic carbocycles. The predicted octanol–water partition coefficient (Wildman–Crippen LogP) is 3.78. The molecule has 1 aliphatic heterocycles. The highest BCUT2D eigenvalue weighted by Gasteiger charge is 2.38. The van der Waals surface area contributed by atoms with Gasteiger partial charge in [0.05, 0.1) is 0 Å². The normalized spacial score (nSPS) is 21.5. The number of amides is 1. The van der Waals surface area contributed by atoms with Crippen LogP contribution < -0.4 is 5.73 Å². The second-order valence-electron chi connectivity index (χ2n) is 6.63. The Kier molecular flexibility index (Phi) is 6.81. The van der Waals surface area contributed by atoms with Gasteiger partial charge in [-0.25, -0.2) is 0 Å². The molecule has 1 aliphatic carbocycles. The maximum absolute atomic E-state index is 12.6. The zero-order valence-corrected chi connectivity index (χ0v) is 15.2. The summed E-state index contributed by atoms with van der Waals surface area (Å²) in [6.07, 6.45) is 6.95. The number of hydrogen-bond acceptors (Lipinski definition) is 3. The van der Waals surface area contributed by atoms with Crippen LogP contribution in [0.15, 0.2) is 30.3 Å². The van der Waals surface area contributed by atoms with Gasteiger partial charge in [0, 0.05) is 36.1 Å². The monoisotopic (exact) mass is 354 g/mol. The van der Waals surface area contributed by atoms with Crippen LogP contribution in [-0.2, 0) is 4.79 Å². The summed E-state index contributed by atoms with van der Waals surface area (Å²) in [4.78, 5) is 14.7. The molecule has 2 fully saturated rings. The number of nitrogens with two attached hydrogens (primary N) is 1. The Morgan fingerprint density at radius 1 is 1.22 bits per heavy atom. The zero-order valence-electron chi connectivity index (χ0n) is 13.6. The van der Waals surface area contributed by atoms with Gasteiger partial charge in [0.25, 0.3) is 0 Å². The summed E-state index contributed by atoms with van der Waals surface area (Å²) in [5.41, 5.74) is 7.27. The molecule has 1 amide bonds. The smallest absolute Gasteiger partial charge is 0.224 e. The van der Waals surface area contributed by atoms with Crippen LogP contribution in [0.25, 0.3) is 0 Å². The lowest BCUT2D eigenvalue weighted by molar-refractivity contribution is -0.132. The van der Waals surface area contributed by atoms with Gasteiger partial charge in [-0.05, 0) is 18.4 Å². The van der Waals surface area contributed by atoms with Crippen LogP contribution in [0.3, 0.4) is 0 Å². The zero-order chi connectivity index (χ0) is 15.4. The fourth-order valence-corrected chi connectivity index (χ4v) is 5.26. The van der Waals surface area contributed by atoms with Crippen molar-refractivity contribution in [2.24, 2.45) is 5.73 Å². The minimum Gasteiger partial charge on any atom is -0.340 e. The Labute approximate surface area is 149 Å². The van der Waals surface area contributed by atoms with Crippen molar-refractivity contribution in [3.63, 3.8) is 0 Å². The Bertz CT molecular complexity index is 499. The van der Waals surface area contributed by atoms with E-state index in [1.54, 1.807) is 0 Å². The molecule has 1 unspecified atom stereocenters. The Morgan fingerprint density at radius 3 is 2.61 bits per heavy atom. The molecule has 23 heavy (non-hydrogen) atoms. The molecule has 3 rings (SSSR count). The van der Waals surface area contributed by atoms with Gasteiger partial charge in [0.2, 0.25) is 5.91 Å². The van der Waals surface area contributed by atoms with Gasteiger partial charge in [-0.15, -0.1) is 12.4 Å². The maximum Gasteiger partial charge on any atom is 0.224 e. The minimum absolute atomic E-state index is 0. The molecule has 1 atom stereocenters. The second-order valence-corrected chi connectivity index (χ2v) is 8.19. The molecule has 1 saturated carbocycles. The van der Waals surface area contributed by atoms with Crippen molar-refractivity contribution < 1.29 is 4.79 Å². The fraction of sp³-hybridized carbons (Fsp3) is 0.611.